The van der Waals surface area contributed by atoms with Crippen molar-refractivity contribution in [3.8, 4) is 0 Å². The maximum Gasteiger partial charge on any atom is 0.360 e. The van der Waals surface area contributed by atoms with E-state index in [2.05, 4.69) is 14.8 Å². The Balaban J connectivity index is 2.32. The van der Waals surface area contributed by atoms with E-state index in [1.807, 2.05) is 0 Å². The predicted molar refractivity (Wildman–Crippen MR) is 88.6 cm³/mol. The first-order chi connectivity index (χ1) is 11.7. The van der Waals surface area contributed by atoms with E-state index < -0.39 is 27.5 Å². The summed E-state index contributed by atoms with van der Waals surface area (Å²) in [7, 11) is -2.66. The molecular weight excluding hydrogens is 352 g/mol. The minimum absolute atomic E-state index is 0.0764. The van der Waals surface area contributed by atoms with Gasteiger partial charge < -0.3 is 14.5 Å². The van der Waals surface area contributed by atoms with Crippen molar-refractivity contribution in [2.24, 2.45) is 0 Å². The van der Waals surface area contributed by atoms with Gasteiger partial charge in [0.15, 0.2) is 0 Å². The van der Waals surface area contributed by atoms with E-state index in [-0.39, 0.29) is 29.1 Å². The van der Waals surface area contributed by atoms with Gasteiger partial charge in [-0.3, -0.25) is 9.59 Å². The molecule has 0 saturated carbocycles. The molecule has 0 aliphatic heterocycles. The maximum atomic E-state index is 12.3. The number of esters is 1. The molecule has 0 atom stereocenters. The summed E-state index contributed by atoms with van der Waals surface area (Å²) in [6.07, 6.45) is -0.106. The standard InChI is InChI=1S/C15H16N2O7S/c1-9(18)17-12-8-10-7-11(3-4-13(10)24-15(12)20)25(21,22)16-6-5-14(19)23-2/h3-4,7-8,16H,5-6H2,1-2H3,(H,17,18). The van der Waals surface area contributed by atoms with Gasteiger partial charge in [0.2, 0.25) is 15.9 Å². The normalized spacial score (nSPS) is 11.3. The molecule has 0 bridgehead atoms. The van der Waals surface area contributed by atoms with Crippen molar-refractivity contribution in [2.45, 2.75) is 18.2 Å². The Morgan fingerprint density at radius 1 is 1.24 bits per heavy atom. The van der Waals surface area contributed by atoms with Crippen molar-refractivity contribution in [1.82, 2.24) is 4.72 Å². The Labute approximate surface area is 143 Å². The van der Waals surface area contributed by atoms with E-state index in [0.29, 0.717) is 5.39 Å². The molecule has 0 saturated heterocycles. The van der Waals surface area contributed by atoms with Crippen molar-refractivity contribution in [3.05, 3.63) is 34.7 Å². The number of ether oxygens (including phenoxy) is 1. The lowest BCUT2D eigenvalue weighted by Gasteiger charge is -2.08. The first kappa shape index (κ1) is 18.6. The average molecular weight is 368 g/mol. The van der Waals surface area contributed by atoms with Crippen molar-refractivity contribution < 1.29 is 27.2 Å². The number of nitrogens with one attached hydrogen (secondary N) is 2. The highest BCUT2D eigenvalue weighted by Gasteiger charge is 2.16. The van der Waals surface area contributed by atoms with Crippen LogP contribution in [-0.4, -0.2) is 33.9 Å². The molecule has 0 aliphatic rings. The smallest absolute Gasteiger partial charge is 0.360 e. The Kier molecular flexibility index (Phi) is 5.55. The van der Waals surface area contributed by atoms with Crippen LogP contribution in [0.25, 0.3) is 11.0 Å². The van der Waals surface area contributed by atoms with Gasteiger partial charge in [-0.25, -0.2) is 17.9 Å². The fourth-order valence-electron chi connectivity index (χ4n) is 2.02. The number of hydrogen-bond acceptors (Lipinski definition) is 7. The fourth-order valence-corrected chi connectivity index (χ4v) is 3.09. The lowest BCUT2D eigenvalue weighted by Crippen LogP contribution is -2.26. The molecule has 0 aliphatic carbocycles. The third-order valence-corrected chi connectivity index (χ3v) is 4.63. The van der Waals surface area contributed by atoms with Crippen LogP contribution in [0.5, 0.6) is 0 Å². The summed E-state index contributed by atoms with van der Waals surface area (Å²) in [6.45, 7) is 1.11. The van der Waals surface area contributed by atoms with Gasteiger partial charge in [-0.15, -0.1) is 0 Å². The second-order valence-electron chi connectivity index (χ2n) is 5.05. The number of hydrogen-bond donors (Lipinski definition) is 2. The number of methoxy groups -OCH3 is 1. The molecule has 10 heteroatoms. The van der Waals surface area contributed by atoms with E-state index in [0.717, 1.165) is 0 Å². The van der Waals surface area contributed by atoms with Crippen molar-refractivity contribution in [1.29, 1.82) is 0 Å². The van der Waals surface area contributed by atoms with Crippen LogP contribution in [-0.2, 0) is 24.3 Å². The van der Waals surface area contributed by atoms with E-state index >= 15 is 0 Å². The first-order valence-electron chi connectivity index (χ1n) is 7.15. The number of sulfonamides is 1. The molecule has 1 aromatic carbocycles. The van der Waals surface area contributed by atoms with Gasteiger partial charge in [-0.2, -0.15) is 0 Å². The topological polar surface area (TPSA) is 132 Å². The van der Waals surface area contributed by atoms with Gasteiger partial charge in [0.05, 0.1) is 18.4 Å². The summed E-state index contributed by atoms with van der Waals surface area (Å²) < 4.78 is 36.2. The number of amides is 1. The molecule has 0 fully saturated rings. The number of rotatable bonds is 6. The molecule has 134 valence electrons. The zero-order valence-electron chi connectivity index (χ0n) is 13.5. The Morgan fingerprint density at radius 2 is 1.96 bits per heavy atom. The summed E-state index contributed by atoms with van der Waals surface area (Å²) in [5.41, 5.74) is -0.657. The predicted octanol–water partition coefficient (Wildman–Crippen LogP) is 0.593. The summed E-state index contributed by atoms with van der Waals surface area (Å²) in [5, 5.41) is 2.63. The molecule has 2 N–H and O–H groups in total. The molecule has 0 unspecified atom stereocenters. The van der Waals surface area contributed by atoms with Crippen molar-refractivity contribution in [2.75, 3.05) is 19.0 Å². The number of fused-ring (bicyclic) bond motifs is 1. The average Bonchev–Trinajstić information content (AvgIpc) is 2.54. The molecule has 2 rings (SSSR count). The summed E-state index contributed by atoms with van der Waals surface area (Å²) in [4.78, 5) is 33.8. The van der Waals surface area contributed by atoms with Crippen molar-refractivity contribution in [3.63, 3.8) is 0 Å². The summed E-state index contributed by atoms with van der Waals surface area (Å²) in [6, 6.07) is 5.23. The SMILES string of the molecule is COC(=O)CCNS(=O)(=O)c1ccc2oc(=O)c(NC(C)=O)cc2c1. The van der Waals surface area contributed by atoms with Gasteiger partial charge in [0, 0.05) is 18.9 Å². The number of carbonyl (C=O) groups excluding carboxylic acids is 2. The molecule has 2 aromatic rings. The third kappa shape index (κ3) is 4.64. The van der Waals surface area contributed by atoms with Crippen LogP contribution in [0.4, 0.5) is 5.69 Å². The number of benzene rings is 1. The second-order valence-corrected chi connectivity index (χ2v) is 6.82. The highest BCUT2D eigenvalue weighted by atomic mass is 32.2. The van der Waals surface area contributed by atoms with Gasteiger partial charge in [-0.1, -0.05) is 0 Å². The Hall–Kier alpha value is -2.72. The number of anilines is 1. The van der Waals surface area contributed by atoms with Gasteiger partial charge in [0.1, 0.15) is 11.3 Å². The lowest BCUT2D eigenvalue weighted by molar-refractivity contribution is -0.140. The van der Waals surface area contributed by atoms with Gasteiger partial charge >= 0.3 is 11.6 Å². The molecular formula is C15H16N2O7S. The zero-order valence-corrected chi connectivity index (χ0v) is 14.3. The van der Waals surface area contributed by atoms with Crippen LogP contribution in [0.15, 0.2) is 38.4 Å². The molecule has 1 heterocycles. The molecule has 9 nitrogen and oxygen atoms in total. The fraction of sp³-hybridized carbons (Fsp3) is 0.267. The maximum absolute atomic E-state index is 12.3. The Bertz CT molecular complexity index is 979. The molecule has 0 radical (unpaired) electrons. The van der Waals surface area contributed by atoms with Crippen LogP contribution >= 0.6 is 0 Å². The second kappa shape index (κ2) is 7.45. The van der Waals surface area contributed by atoms with Crippen LogP contribution in [0.2, 0.25) is 0 Å². The van der Waals surface area contributed by atoms with E-state index in [1.54, 1.807) is 0 Å². The van der Waals surface area contributed by atoms with Crippen LogP contribution in [0.3, 0.4) is 0 Å². The number of carbonyl (C=O) groups is 2. The summed E-state index contributed by atoms with van der Waals surface area (Å²) in [5.74, 6) is -0.997. The molecule has 1 amide bonds. The van der Waals surface area contributed by atoms with E-state index in [9.17, 15) is 22.8 Å². The van der Waals surface area contributed by atoms with E-state index in [1.165, 1.54) is 38.3 Å². The first-order valence-corrected chi connectivity index (χ1v) is 8.63. The molecule has 1 aromatic heterocycles. The third-order valence-electron chi connectivity index (χ3n) is 3.17. The van der Waals surface area contributed by atoms with Crippen LogP contribution in [0, 0.1) is 0 Å². The van der Waals surface area contributed by atoms with Gasteiger partial charge in [-0.05, 0) is 24.3 Å². The lowest BCUT2D eigenvalue weighted by atomic mass is 10.2. The van der Waals surface area contributed by atoms with E-state index in [4.69, 9.17) is 4.42 Å². The van der Waals surface area contributed by atoms with Gasteiger partial charge in [0.25, 0.3) is 0 Å². The Morgan fingerprint density at radius 3 is 2.60 bits per heavy atom. The molecule has 0 spiro atoms. The zero-order chi connectivity index (χ0) is 18.6. The van der Waals surface area contributed by atoms with Crippen LogP contribution in [0.1, 0.15) is 13.3 Å². The van der Waals surface area contributed by atoms with Crippen LogP contribution < -0.4 is 15.7 Å². The van der Waals surface area contributed by atoms with Crippen molar-refractivity contribution >= 4 is 38.6 Å². The quantitative estimate of drug-likeness (QED) is 0.563. The molecule has 25 heavy (non-hydrogen) atoms. The minimum Gasteiger partial charge on any atom is -0.469 e. The monoisotopic (exact) mass is 368 g/mol. The highest BCUT2D eigenvalue weighted by Crippen LogP contribution is 2.20. The highest BCUT2D eigenvalue weighted by molar-refractivity contribution is 7.89. The minimum atomic E-state index is -3.87. The largest absolute Gasteiger partial charge is 0.469 e. The summed E-state index contributed by atoms with van der Waals surface area (Å²) >= 11 is 0.